The highest BCUT2D eigenvalue weighted by molar-refractivity contribution is 5.68. The van der Waals surface area contributed by atoms with E-state index in [0.29, 0.717) is 0 Å². The first-order valence-corrected chi connectivity index (χ1v) is 4.92. The van der Waals surface area contributed by atoms with Gasteiger partial charge in [0.2, 0.25) is 0 Å². The predicted molar refractivity (Wildman–Crippen MR) is 57.1 cm³/mol. The van der Waals surface area contributed by atoms with Crippen molar-refractivity contribution in [1.82, 2.24) is 9.78 Å². The minimum Gasteiger partial charge on any atom is -0.479 e. The second kappa shape index (κ2) is 4.81. The molecule has 0 radical (unpaired) electrons. The lowest BCUT2D eigenvalue weighted by Gasteiger charge is -2.09. The summed E-state index contributed by atoms with van der Waals surface area (Å²) in [4.78, 5) is 20.6. The van der Waals surface area contributed by atoms with Gasteiger partial charge in [0.25, 0.3) is 5.88 Å². The highest BCUT2D eigenvalue weighted by Crippen LogP contribution is 2.32. The number of hydrogen-bond donors (Lipinski definition) is 1. The van der Waals surface area contributed by atoms with E-state index in [1.807, 2.05) is 0 Å². The number of nitrogens with zero attached hydrogens (tertiary/aromatic N) is 3. The molecule has 0 amide bonds. The summed E-state index contributed by atoms with van der Waals surface area (Å²) in [5.41, 5.74) is -0.0935. The fraction of sp³-hybridized carbons (Fsp3) is 0.556. The van der Waals surface area contributed by atoms with Crippen molar-refractivity contribution in [2.45, 2.75) is 26.8 Å². The molecule has 8 heteroatoms. The number of carboxylic acids is 1. The minimum absolute atomic E-state index is 0.120. The standard InChI is InChI=1S/C9H13N3O5/c1-5(2)11-9(17-4-7(13)14)8(12(15)16)6(3)10-11/h5H,4H2,1-3H3,(H,13,14). The van der Waals surface area contributed by atoms with E-state index in [9.17, 15) is 14.9 Å². The predicted octanol–water partition coefficient (Wildman–Crippen LogP) is 1.14. The molecule has 0 fully saturated rings. The van der Waals surface area contributed by atoms with Gasteiger partial charge in [-0.05, 0) is 20.8 Å². The number of aromatic nitrogens is 2. The van der Waals surface area contributed by atoms with Gasteiger partial charge in [-0.1, -0.05) is 0 Å². The zero-order valence-corrected chi connectivity index (χ0v) is 9.71. The molecule has 0 aliphatic heterocycles. The van der Waals surface area contributed by atoms with E-state index < -0.39 is 17.5 Å². The van der Waals surface area contributed by atoms with Crippen molar-refractivity contribution in [3.8, 4) is 5.88 Å². The van der Waals surface area contributed by atoms with E-state index in [-0.39, 0.29) is 23.3 Å². The molecule has 94 valence electrons. The van der Waals surface area contributed by atoms with Crippen LogP contribution in [0.5, 0.6) is 5.88 Å². The van der Waals surface area contributed by atoms with E-state index >= 15 is 0 Å². The largest absolute Gasteiger partial charge is 0.479 e. The first kappa shape index (κ1) is 12.9. The summed E-state index contributed by atoms with van der Waals surface area (Å²) < 4.78 is 6.23. The Balaban J connectivity index is 3.20. The molecular weight excluding hydrogens is 230 g/mol. The molecule has 1 aromatic rings. The van der Waals surface area contributed by atoms with Gasteiger partial charge in [0, 0.05) is 0 Å². The molecule has 0 saturated carbocycles. The van der Waals surface area contributed by atoms with Crippen LogP contribution in [-0.2, 0) is 4.79 Å². The van der Waals surface area contributed by atoms with Crippen LogP contribution in [0.4, 0.5) is 5.69 Å². The number of carbonyl (C=O) groups is 1. The SMILES string of the molecule is Cc1nn(C(C)C)c(OCC(=O)O)c1[N+](=O)[O-]. The van der Waals surface area contributed by atoms with Crippen LogP contribution in [-0.4, -0.2) is 32.4 Å². The molecule has 0 spiro atoms. The zero-order valence-electron chi connectivity index (χ0n) is 9.71. The maximum Gasteiger partial charge on any atom is 0.353 e. The molecule has 0 aromatic carbocycles. The van der Waals surface area contributed by atoms with Crippen molar-refractivity contribution < 1.29 is 19.6 Å². The van der Waals surface area contributed by atoms with Crippen molar-refractivity contribution in [3.05, 3.63) is 15.8 Å². The summed E-state index contributed by atoms with van der Waals surface area (Å²) >= 11 is 0. The number of rotatable bonds is 5. The van der Waals surface area contributed by atoms with Crippen LogP contribution in [0.25, 0.3) is 0 Å². The summed E-state index contributed by atoms with van der Waals surface area (Å²) in [6.45, 7) is 4.37. The smallest absolute Gasteiger partial charge is 0.353 e. The lowest BCUT2D eigenvalue weighted by Crippen LogP contribution is -2.14. The van der Waals surface area contributed by atoms with E-state index in [1.54, 1.807) is 13.8 Å². The third-order valence-electron chi connectivity index (χ3n) is 2.02. The van der Waals surface area contributed by atoms with Gasteiger partial charge in [0.1, 0.15) is 5.69 Å². The van der Waals surface area contributed by atoms with Crippen LogP contribution < -0.4 is 4.74 Å². The fourth-order valence-corrected chi connectivity index (χ4v) is 1.34. The van der Waals surface area contributed by atoms with Gasteiger partial charge in [0.05, 0.1) is 11.0 Å². The minimum atomic E-state index is -1.20. The molecule has 1 rings (SSSR count). The average molecular weight is 243 g/mol. The average Bonchev–Trinajstić information content (AvgIpc) is 2.52. The van der Waals surface area contributed by atoms with Gasteiger partial charge in [-0.25, -0.2) is 9.48 Å². The van der Waals surface area contributed by atoms with Gasteiger partial charge in [-0.15, -0.1) is 0 Å². The number of ether oxygens (including phenoxy) is 1. The van der Waals surface area contributed by atoms with Crippen LogP contribution in [0.2, 0.25) is 0 Å². The second-order valence-corrected chi connectivity index (χ2v) is 3.72. The lowest BCUT2D eigenvalue weighted by molar-refractivity contribution is -0.386. The summed E-state index contributed by atoms with van der Waals surface area (Å²) in [6.07, 6.45) is 0. The van der Waals surface area contributed by atoms with Crippen LogP contribution in [0, 0.1) is 17.0 Å². The number of aryl methyl sites for hydroxylation is 1. The van der Waals surface area contributed by atoms with Gasteiger partial charge < -0.3 is 9.84 Å². The quantitative estimate of drug-likeness (QED) is 0.613. The third-order valence-corrected chi connectivity index (χ3v) is 2.02. The van der Waals surface area contributed by atoms with Crippen molar-refractivity contribution >= 4 is 11.7 Å². The first-order valence-electron chi connectivity index (χ1n) is 4.92. The van der Waals surface area contributed by atoms with Crippen LogP contribution in [0.15, 0.2) is 0 Å². The summed E-state index contributed by atoms with van der Waals surface area (Å²) in [7, 11) is 0. The fourth-order valence-electron chi connectivity index (χ4n) is 1.34. The Morgan fingerprint density at radius 2 is 2.24 bits per heavy atom. The second-order valence-electron chi connectivity index (χ2n) is 3.72. The maximum atomic E-state index is 10.8. The number of aliphatic carboxylic acids is 1. The van der Waals surface area contributed by atoms with Crippen molar-refractivity contribution in [1.29, 1.82) is 0 Å². The Morgan fingerprint density at radius 3 is 2.65 bits per heavy atom. The zero-order chi connectivity index (χ0) is 13.2. The Bertz CT molecular complexity index is 452. The number of nitro groups is 1. The third kappa shape index (κ3) is 2.71. The van der Waals surface area contributed by atoms with E-state index in [1.165, 1.54) is 11.6 Å². The molecule has 1 aromatic heterocycles. The van der Waals surface area contributed by atoms with Gasteiger partial charge in [-0.2, -0.15) is 5.10 Å². The molecule has 0 aliphatic rings. The van der Waals surface area contributed by atoms with Crippen molar-refractivity contribution in [2.75, 3.05) is 6.61 Å². The lowest BCUT2D eigenvalue weighted by atomic mass is 10.4. The Labute approximate surface area is 97.0 Å². The van der Waals surface area contributed by atoms with Gasteiger partial charge in [-0.3, -0.25) is 10.1 Å². The van der Waals surface area contributed by atoms with Gasteiger partial charge >= 0.3 is 11.7 Å². The number of carboxylic acid groups (broad SMARTS) is 1. The molecule has 0 unspecified atom stereocenters. The molecule has 1 N–H and O–H groups in total. The topological polar surface area (TPSA) is 107 Å². The first-order chi connectivity index (χ1) is 7.84. The molecular formula is C9H13N3O5. The molecule has 0 bridgehead atoms. The van der Waals surface area contributed by atoms with E-state index in [4.69, 9.17) is 9.84 Å². The summed E-state index contributed by atoms with van der Waals surface area (Å²) in [5.74, 6) is -1.32. The molecule has 8 nitrogen and oxygen atoms in total. The summed E-state index contributed by atoms with van der Waals surface area (Å²) in [5, 5.41) is 23.3. The molecule has 0 saturated heterocycles. The highest BCUT2D eigenvalue weighted by Gasteiger charge is 2.28. The van der Waals surface area contributed by atoms with E-state index in [2.05, 4.69) is 5.10 Å². The van der Waals surface area contributed by atoms with E-state index in [0.717, 1.165) is 0 Å². The van der Waals surface area contributed by atoms with Crippen LogP contribution >= 0.6 is 0 Å². The van der Waals surface area contributed by atoms with Crippen LogP contribution in [0.1, 0.15) is 25.6 Å². The van der Waals surface area contributed by atoms with Crippen LogP contribution in [0.3, 0.4) is 0 Å². The highest BCUT2D eigenvalue weighted by atomic mass is 16.6. The molecule has 0 aliphatic carbocycles. The Kier molecular flexibility index (Phi) is 3.66. The van der Waals surface area contributed by atoms with Crippen molar-refractivity contribution in [3.63, 3.8) is 0 Å². The molecule has 17 heavy (non-hydrogen) atoms. The normalized spacial score (nSPS) is 10.6. The maximum absolute atomic E-state index is 10.8. The monoisotopic (exact) mass is 243 g/mol. The Morgan fingerprint density at radius 1 is 1.65 bits per heavy atom. The Hall–Kier alpha value is -2.12. The summed E-state index contributed by atoms with van der Waals surface area (Å²) in [6, 6.07) is -0.161. The number of hydrogen-bond acceptors (Lipinski definition) is 5. The molecule has 0 atom stereocenters. The van der Waals surface area contributed by atoms with Crippen molar-refractivity contribution in [2.24, 2.45) is 0 Å². The molecule has 1 heterocycles. The van der Waals surface area contributed by atoms with Gasteiger partial charge in [0.15, 0.2) is 6.61 Å².